The molecule has 4 fully saturated rings. The standard InChI is InChI=1S/C36H36F3N5O2/c1-2-25-28(37)9-6-21-14-24(45)15-26(30(21)25)31-29(38)16-27-33(32(31)39)41-35(42-34(27)44-17-22-7-8-23(18-44)40-22)46-20-36(10-11-36)19-43-12-4-3-5-13-43/h1,6,9,14-16,22-23,40,45H,3-5,7-8,10-13,17-20H2. The maximum absolute atomic E-state index is 16.8. The van der Waals surface area contributed by atoms with Gasteiger partial charge in [0.2, 0.25) is 0 Å². The number of rotatable bonds is 7. The molecular formula is C36H36F3N5O2. The van der Waals surface area contributed by atoms with Gasteiger partial charge in [0, 0.05) is 53.5 Å². The molecule has 3 aliphatic heterocycles. The average Bonchev–Trinajstić information content (AvgIpc) is 3.73. The van der Waals surface area contributed by atoms with Crippen molar-refractivity contribution in [2.24, 2.45) is 5.41 Å². The minimum atomic E-state index is -0.949. The highest BCUT2D eigenvalue weighted by atomic mass is 19.1. The van der Waals surface area contributed by atoms with Crippen molar-refractivity contribution in [3.63, 3.8) is 0 Å². The van der Waals surface area contributed by atoms with Gasteiger partial charge in [0.05, 0.1) is 17.7 Å². The highest BCUT2D eigenvalue weighted by molar-refractivity contribution is 6.04. The van der Waals surface area contributed by atoms with Gasteiger partial charge in [0.15, 0.2) is 5.82 Å². The van der Waals surface area contributed by atoms with Gasteiger partial charge in [-0.05, 0) is 81.3 Å². The maximum Gasteiger partial charge on any atom is 0.319 e. The predicted molar refractivity (Wildman–Crippen MR) is 172 cm³/mol. The number of nitrogens with one attached hydrogen (secondary N) is 1. The van der Waals surface area contributed by atoms with Gasteiger partial charge in [0.1, 0.15) is 28.7 Å². The number of anilines is 1. The molecule has 0 spiro atoms. The second-order valence-corrected chi connectivity index (χ2v) is 13.6. The number of phenolic OH excluding ortho intramolecular Hbond substituents is 1. The number of hydrogen-bond acceptors (Lipinski definition) is 7. The summed E-state index contributed by atoms with van der Waals surface area (Å²) in [5.41, 5.74) is -0.722. The molecule has 10 heteroatoms. The van der Waals surface area contributed by atoms with E-state index in [0.29, 0.717) is 30.9 Å². The van der Waals surface area contributed by atoms with Crippen molar-refractivity contribution < 1.29 is 23.0 Å². The summed E-state index contributed by atoms with van der Waals surface area (Å²) in [5.74, 6) is -0.0178. The van der Waals surface area contributed by atoms with Gasteiger partial charge in [-0.3, -0.25) is 0 Å². The van der Waals surface area contributed by atoms with Gasteiger partial charge in [-0.2, -0.15) is 9.97 Å². The summed E-state index contributed by atoms with van der Waals surface area (Å²) < 4.78 is 54.2. The molecule has 1 saturated carbocycles. The molecule has 238 valence electrons. The van der Waals surface area contributed by atoms with Gasteiger partial charge >= 0.3 is 6.01 Å². The summed E-state index contributed by atoms with van der Waals surface area (Å²) in [6.07, 6.45) is 13.5. The van der Waals surface area contributed by atoms with Crippen LogP contribution >= 0.6 is 0 Å². The van der Waals surface area contributed by atoms with Crippen LogP contribution in [0.2, 0.25) is 0 Å². The molecule has 4 heterocycles. The van der Waals surface area contributed by atoms with Gasteiger partial charge in [-0.25, -0.2) is 13.2 Å². The molecule has 4 aliphatic rings. The van der Waals surface area contributed by atoms with Gasteiger partial charge in [-0.1, -0.05) is 18.4 Å². The van der Waals surface area contributed by atoms with Crippen LogP contribution in [0.3, 0.4) is 0 Å². The van der Waals surface area contributed by atoms with Crippen LogP contribution in [0.25, 0.3) is 32.8 Å². The van der Waals surface area contributed by atoms with E-state index in [1.165, 1.54) is 49.6 Å². The fourth-order valence-corrected chi connectivity index (χ4v) is 7.78. The van der Waals surface area contributed by atoms with E-state index in [2.05, 4.69) is 26.0 Å². The Kier molecular flexibility index (Phi) is 7.22. The zero-order valence-corrected chi connectivity index (χ0v) is 25.6. The lowest BCUT2D eigenvalue weighted by Gasteiger charge is -2.34. The number of hydrogen-bond donors (Lipinski definition) is 2. The summed E-state index contributed by atoms with van der Waals surface area (Å²) in [5, 5.41) is 14.9. The van der Waals surface area contributed by atoms with Crippen LogP contribution in [0.1, 0.15) is 50.5 Å². The molecule has 3 saturated heterocycles. The average molecular weight is 628 g/mol. The summed E-state index contributed by atoms with van der Waals surface area (Å²) in [6.45, 7) is 4.86. The van der Waals surface area contributed by atoms with Crippen molar-refractivity contribution in [1.82, 2.24) is 20.2 Å². The van der Waals surface area contributed by atoms with Crippen LogP contribution in [0.4, 0.5) is 19.0 Å². The highest BCUT2D eigenvalue weighted by Crippen LogP contribution is 2.47. The fourth-order valence-electron chi connectivity index (χ4n) is 7.78. The first kappa shape index (κ1) is 29.3. The van der Waals surface area contributed by atoms with Gasteiger partial charge in [-0.15, -0.1) is 6.42 Å². The number of likely N-dealkylation sites (tertiary alicyclic amines) is 1. The van der Waals surface area contributed by atoms with E-state index in [0.717, 1.165) is 45.3 Å². The molecule has 0 amide bonds. The van der Waals surface area contributed by atoms with Crippen molar-refractivity contribution in [2.45, 2.75) is 57.0 Å². The molecule has 2 bridgehead atoms. The second-order valence-electron chi connectivity index (χ2n) is 13.6. The van der Waals surface area contributed by atoms with E-state index in [1.807, 2.05) is 0 Å². The first-order valence-corrected chi connectivity index (χ1v) is 16.3. The quantitative estimate of drug-likeness (QED) is 0.239. The number of terminal acetylenes is 1. The van der Waals surface area contributed by atoms with Crippen molar-refractivity contribution in [3.05, 3.63) is 53.3 Å². The number of phenols is 1. The molecule has 2 unspecified atom stereocenters. The molecule has 46 heavy (non-hydrogen) atoms. The summed E-state index contributed by atoms with van der Waals surface area (Å²) >= 11 is 0. The number of piperidine rings is 1. The lowest BCUT2D eigenvalue weighted by Crippen LogP contribution is -2.51. The minimum absolute atomic E-state index is 0.0205. The van der Waals surface area contributed by atoms with Crippen LogP contribution in [0.5, 0.6) is 11.8 Å². The first-order valence-electron chi connectivity index (χ1n) is 16.3. The van der Waals surface area contributed by atoms with Crippen molar-refractivity contribution >= 4 is 27.5 Å². The SMILES string of the molecule is C#Cc1c(F)ccc2cc(O)cc(-c3c(F)cc4c(N5CC6CCC(C5)N6)nc(OCC5(CN6CCCCC6)CC5)nc4c3F)c12. The van der Waals surface area contributed by atoms with Crippen molar-refractivity contribution in [1.29, 1.82) is 0 Å². The van der Waals surface area contributed by atoms with E-state index in [4.69, 9.17) is 16.1 Å². The molecule has 3 aromatic carbocycles. The van der Waals surface area contributed by atoms with E-state index in [1.54, 1.807) is 0 Å². The molecule has 1 aliphatic carbocycles. The minimum Gasteiger partial charge on any atom is -0.508 e. The Bertz CT molecular complexity index is 1890. The largest absolute Gasteiger partial charge is 0.508 e. The molecule has 1 aromatic heterocycles. The van der Waals surface area contributed by atoms with Crippen LogP contribution in [0, 0.1) is 35.2 Å². The zero-order valence-electron chi connectivity index (χ0n) is 25.6. The molecule has 8 rings (SSSR count). The third-order valence-corrected chi connectivity index (χ3v) is 10.3. The second kappa shape index (κ2) is 11.3. The first-order chi connectivity index (χ1) is 22.3. The number of nitrogens with zero attached hydrogens (tertiary/aromatic N) is 4. The summed E-state index contributed by atoms with van der Waals surface area (Å²) in [6, 6.07) is 7.00. The topological polar surface area (TPSA) is 73.8 Å². The Morgan fingerprint density at radius 1 is 1.00 bits per heavy atom. The Balaban J connectivity index is 1.25. The Hall–Kier alpha value is -4.07. The molecule has 0 radical (unpaired) electrons. The third-order valence-electron chi connectivity index (χ3n) is 10.3. The monoisotopic (exact) mass is 627 g/mol. The Labute approximate surface area is 265 Å². The number of piperazine rings is 1. The number of aromatic nitrogens is 2. The molecule has 2 atom stereocenters. The smallest absolute Gasteiger partial charge is 0.319 e. The highest BCUT2D eigenvalue weighted by Gasteiger charge is 2.45. The molecule has 2 N–H and O–H groups in total. The van der Waals surface area contributed by atoms with Crippen LogP contribution < -0.4 is 15.0 Å². The number of fused-ring (bicyclic) bond motifs is 4. The maximum atomic E-state index is 16.8. The normalized spacial score (nSPS) is 22.3. The lowest BCUT2D eigenvalue weighted by atomic mass is 9.92. The van der Waals surface area contributed by atoms with E-state index in [-0.39, 0.29) is 56.7 Å². The molecular weight excluding hydrogens is 591 g/mol. The molecule has 7 nitrogen and oxygen atoms in total. The van der Waals surface area contributed by atoms with Crippen molar-refractivity contribution in [3.8, 4) is 35.2 Å². The van der Waals surface area contributed by atoms with E-state index >= 15 is 8.78 Å². The van der Waals surface area contributed by atoms with Crippen LogP contribution in [-0.2, 0) is 0 Å². The number of ether oxygens (including phenoxy) is 1. The third kappa shape index (κ3) is 5.19. The van der Waals surface area contributed by atoms with Gasteiger partial charge < -0.3 is 25.0 Å². The fraction of sp³-hybridized carbons (Fsp3) is 0.444. The Morgan fingerprint density at radius 2 is 1.76 bits per heavy atom. The predicted octanol–water partition coefficient (Wildman–Crippen LogP) is 6.14. The van der Waals surface area contributed by atoms with E-state index in [9.17, 15) is 9.50 Å². The summed E-state index contributed by atoms with van der Waals surface area (Å²) in [7, 11) is 0. The summed E-state index contributed by atoms with van der Waals surface area (Å²) in [4.78, 5) is 13.9. The Morgan fingerprint density at radius 3 is 2.48 bits per heavy atom. The number of benzene rings is 3. The zero-order chi connectivity index (χ0) is 31.6. The van der Waals surface area contributed by atoms with Gasteiger partial charge in [0.25, 0.3) is 0 Å². The molecule has 4 aromatic rings. The lowest BCUT2D eigenvalue weighted by molar-refractivity contribution is 0.139. The van der Waals surface area contributed by atoms with Crippen LogP contribution in [0.15, 0.2) is 30.3 Å². The van der Waals surface area contributed by atoms with E-state index < -0.39 is 23.0 Å². The number of aromatic hydroxyl groups is 1. The van der Waals surface area contributed by atoms with Crippen molar-refractivity contribution in [2.75, 3.05) is 44.2 Å². The number of halogens is 3. The van der Waals surface area contributed by atoms with Crippen LogP contribution in [-0.4, -0.2) is 71.4 Å².